The van der Waals surface area contributed by atoms with Crippen LogP contribution in [0.4, 0.5) is 11.4 Å². The van der Waals surface area contributed by atoms with Crippen molar-refractivity contribution in [2.24, 2.45) is 22.2 Å². The second-order valence-electron chi connectivity index (χ2n) is 17.8. The summed E-state index contributed by atoms with van der Waals surface area (Å²) >= 11 is 6.83. The third-order valence-electron chi connectivity index (χ3n) is 8.83. The van der Waals surface area contributed by atoms with Crippen molar-refractivity contribution in [1.82, 2.24) is 5.32 Å². The summed E-state index contributed by atoms with van der Waals surface area (Å²) in [6, 6.07) is 7.73. The summed E-state index contributed by atoms with van der Waals surface area (Å²) in [5.74, 6) is -2.19. The molecule has 2 N–H and O–H groups in total. The quantitative estimate of drug-likeness (QED) is 0.156. The summed E-state index contributed by atoms with van der Waals surface area (Å²) in [7, 11) is 0. The number of ether oxygens (including phenoxy) is 1. The van der Waals surface area contributed by atoms with Crippen LogP contribution in [0.3, 0.4) is 0 Å². The van der Waals surface area contributed by atoms with Gasteiger partial charge in [-0.05, 0) is 66.7 Å². The van der Waals surface area contributed by atoms with Crippen LogP contribution in [0.1, 0.15) is 147 Å². The molecule has 1 fully saturated rings. The SMILES string of the molecule is CCCC1CCC(=O)N(c2c(C(=O)NCCC(C)Oc3ccc(CC(C)(C)C)cc3CC(C)(C)C)cc(NC(C)=O)c(Cl)c2C(=O)C(C)(C)C)C1=O. The van der Waals surface area contributed by atoms with Crippen LogP contribution in [0, 0.1) is 22.2 Å². The Hall–Kier alpha value is -3.72. The molecule has 0 saturated carbocycles. The summed E-state index contributed by atoms with van der Waals surface area (Å²) in [6.07, 6.45) is 3.69. The number of Topliss-reactive ketones (excluding diaryl/α,β-unsaturated/α-hetero) is 1. The maximum Gasteiger partial charge on any atom is 0.253 e. The average Bonchev–Trinajstić information content (AvgIpc) is 2.98. The molecule has 0 spiro atoms. The number of carbonyl (C=O) groups is 5. The van der Waals surface area contributed by atoms with Gasteiger partial charge in [-0.2, -0.15) is 0 Å². The molecule has 0 aromatic heterocycles. The molecule has 10 heteroatoms. The predicted octanol–water partition coefficient (Wildman–Crippen LogP) is 9.36. The minimum Gasteiger partial charge on any atom is -0.490 e. The van der Waals surface area contributed by atoms with Crippen molar-refractivity contribution in [3.05, 3.63) is 51.5 Å². The standard InChI is InChI=1S/C42H60ClN3O6/c1-13-14-28-16-18-33(48)46(39(28)51)36-30(22-31(45-26(3)47)35(43)34(36)37(49)42(10,11)12)38(50)44-20-19-25(2)52-32-17-15-27(23-40(4,5)6)21-29(32)24-41(7,8)9/h15,17,21-22,25,28H,13-14,16,18-20,23-24H2,1-12H3,(H,44,50)(H,45,47). The topological polar surface area (TPSA) is 122 Å². The van der Waals surface area contributed by atoms with Crippen molar-refractivity contribution < 1.29 is 28.7 Å². The first-order chi connectivity index (χ1) is 23.9. The second kappa shape index (κ2) is 17.0. The van der Waals surface area contributed by atoms with Gasteiger partial charge >= 0.3 is 0 Å². The number of carbonyl (C=O) groups excluding carboxylic acids is 5. The highest BCUT2D eigenvalue weighted by atomic mass is 35.5. The maximum absolute atomic E-state index is 14.1. The lowest BCUT2D eigenvalue weighted by Gasteiger charge is -2.34. The fourth-order valence-electron chi connectivity index (χ4n) is 6.55. The van der Waals surface area contributed by atoms with E-state index in [4.69, 9.17) is 16.3 Å². The fraction of sp³-hybridized carbons (Fsp3) is 0.595. The van der Waals surface area contributed by atoms with E-state index in [0.29, 0.717) is 19.3 Å². The van der Waals surface area contributed by atoms with E-state index in [2.05, 4.69) is 64.3 Å². The highest BCUT2D eigenvalue weighted by molar-refractivity contribution is 6.39. The maximum atomic E-state index is 14.1. The van der Waals surface area contributed by atoms with Crippen molar-refractivity contribution >= 4 is 52.4 Å². The first kappa shape index (κ1) is 42.7. The van der Waals surface area contributed by atoms with Gasteiger partial charge in [0.2, 0.25) is 17.7 Å². The molecule has 1 aliphatic heterocycles. The fourth-order valence-corrected chi connectivity index (χ4v) is 6.82. The predicted molar refractivity (Wildman–Crippen MR) is 209 cm³/mol. The van der Waals surface area contributed by atoms with Crippen LogP contribution in [0.15, 0.2) is 24.3 Å². The van der Waals surface area contributed by atoms with Crippen molar-refractivity contribution in [1.29, 1.82) is 0 Å². The van der Waals surface area contributed by atoms with Gasteiger partial charge in [0.15, 0.2) is 5.78 Å². The van der Waals surface area contributed by atoms with Crippen LogP contribution in [-0.2, 0) is 27.2 Å². The minimum atomic E-state index is -1.00. The van der Waals surface area contributed by atoms with Crippen molar-refractivity contribution in [3.8, 4) is 5.75 Å². The summed E-state index contributed by atoms with van der Waals surface area (Å²) < 4.78 is 6.45. The molecule has 52 heavy (non-hydrogen) atoms. The normalized spacial score (nSPS) is 16.1. The monoisotopic (exact) mass is 737 g/mol. The molecule has 2 aromatic rings. The number of benzene rings is 2. The number of halogens is 1. The van der Waals surface area contributed by atoms with Gasteiger partial charge in [0.1, 0.15) is 5.75 Å². The van der Waals surface area contributed by atoms with Crippen LogP contribution < -0.4 is 20.3 Å². The number of anilines is 2. The van der Waals surface area contributed by atoms with Crippen LogP contribution in [0.25, 0.3) is 0 Å². The molecule has 9 nitrogen and oxygen atoms in total. The molecule has 0 aliphatic carbocycles. The third kappa shape index (κ3) is 11.4. The number of piperidine rings is 1. The van der Waals surface area contributed by atoms with Crippen LogP contribution >= 0.6 is 11.6 Å². The number of hydrogen-bond acceptors (Lipinski definition) is 6. The van der Waals surface area contributed by atoms with Crippen LogP contribution in [-0.4, -0.2) is 42.1 Å². The van der Waals surface area contributed by atoms with Crippen molar-refractivity contribution in [3.63, 3.8) is 0 Å². The third-order valence-corrected chi connectivity index (χ3v) is 9.22. The van der Waals surface area contributed by atoms with E-state index < -0.39 is 40.7 Å². The Morgan fingerprint density at radius 2 is 1.62 bits per heavy atom. The lowest BCUT2D eigenvalue weighted by molar-refractivity contribution is -0.132. The molecule has 0 radical (unpaired) electrons. The zero-order valence-corrected chi connectivity index (χ0v) is 34.2. The van der Waals surface area contributed by atoms with E-state index in [-0.39, 0.29) is 57.4 Å². The minimum absolute atomic E-state index is 0.0377. The Kier molecular flexibility index (Phi) is 13.9. The number of amides is 4. The van der Waals surface area contributed by atoms with Crippen molar-refractivity contribution in [2.45, 2.75) is 134 Å². The van der Waals surface area contributed by atoms with E-state index in [9.17, 15) is 24.0 Å². The molecule has 2 unspecified atom stereocenters. The Morgan fingerprint density at radius 3 is 2.17 bits per heavy atom. The van der Waals surface area contributed by atoms with E-state index in [1.54, 1.807) is 20.8 Å². The lowest BCUT2D eigenvalue weighted by atomic mass is 9.83. The summed E-state index contributed by atoms with van der Waals surface area (Å²) in [6.45, 7) is 23.7. The van der Waals surface area contributed by atoms with Crippen LogP contribution in [0.5, 0.6) is 5.75 Å². The van der Waals surface area contributed by atoms with Crippen molar-refractivity contribution in [2.75, 3.05) is 16.8 Å². The van der Waals surface area contributed by atoms with Gasteiger partial charge in [-0.25, -0.2) is 4.90 Å². The van der Waals surface area contributed by atoms with Gasteiger partial charge in [-0.3, -0.25) is 24.0 Å². The van der Waals surface area contributed by atoms with Gasteiger partial charge in [0.25, 0.3) is 5.91 Å². The van der Waals surface area contributed by atoms with Gasteiger partial charge in [-0.15, -0.1) is 0 Å². The first-order valence-corrected chi connectivity index (χ1v) is 18.9. The molecule has 1 heterocycles. The average molecular weight is 738 g/mol. The van der Waals surface area contributed by atoms with E-state index in [1.807, 2.05) is 19.9 Å². The molecule has 0 bridgehead atoms. The van der Waals surface area contributed by atoms with Gasteiger partial charge in [0, 0.05) is 37.6 Å². The molecule has 3 rings (SSSR count). The number of rotatable bonds is 13. The molecule has 1 saturated heterocycles. The summed E-state index contributed by atoms with van der Waals surface area (Å²) in [4.78, 5) is 68.9. The highest BCUT2D eigenvalue weighted by Crippen LogP contribution is 2.43. The zero-order chi connectivity index (χ0) is 39.3. The highest BCUT2D eigenvalue weighted by Gasteiger charge is 2.42. The molecule has 2 aromatic carbocycles. The van der Waals surface area contributed by atoms with E-state index in [1.165, 1.54) is 18.6 Å². The Bertz CT molecular complexity index is 1680. The van der Waals surface area contributed by atoms with Crippen LogP contribution in [0.2, 0.25) is 5.02 Å². The Morgan fingerprint density at radius 1 is 0.981 bits per heavy atom. The number of imide groups is 1. The summed E-state index contributed by atoms with van der Waals surface area (Å²) in [5.41, 5.74) is 1.22. The Balaban J connectivity index is 2.00. The molecule has 4 amide bonds. The smallest absolute Gasteiger partial charge is 0.253 e. The zero-order valence-electron chi connectivity index (χ0n) is 33.4. The number of nitrogens with zero attached hydrogens (tertiary/aromatic N) is 1. The first-order valence-electron chi connectivity index (χ1n) is 18.6. The molecular weight excluding hydrogens is 678 g/mol. The van der Waals surface area contributed by atoms with Gasteiger partial charge < -0.3 is 15.4 Å². The number of nitrogens with one attached hydrogen (secondary N) is 2. The molecule has 286 valence electrons. The largest absolute Gasteiger partial charge is 0.490 e. The number of ketones is 1. The molecule has 1 aliphatic rings. The lowest BCUT2D eigenvalue weighted by Crippen LogP contribution is -2.47. The Labute approximate surface area is 316 Å². The van der Waals surface area contributed by atoms with Gasteiger partial charge in [-0.1, -0.05) is 99.4 Å². The second-order valence-corrected chi connectivity index (χ2v) is 18.1. The molecular formula is C42H60ClN3O6. The van der Waals surface area contributed by atoms with E-state index >= 15 is 0 Å². The number of hydrogen-bond donors (Lipinski definition) is 2. The summed E-state index contributed by atoms with van der Waals surface area (Å²) in [5, 5.41) is 5.41. The molecule has 2 atom stereocenters. The van der Waals surface area contributed by atoms with Gasteiger partial charge in [0.05, 0.1) is 33.6 Å². The van der Waals surface area contributed by atoms with E-state index in [0.717, 1.165) is 35.5 Å².